The molecule has 20 heavy (non-hydrogen) atoms. The van der Waals surface area contributed by atoms with E-state index in [9.17, 15) is 0 Å². The van der Waals surface area contributed by atoms with Gasteiger partial charge in [0.25, 0.3) is 0 Å². The first-order chi connectivity index (χ1) is 9.90. The van der Waals surface area contributed by atoms with E-state index in [0.717, 1.165) is 6.61 Å². The zero-order valence-electron chi connectivity index (χ0n) is 13.4. The lowest BCUT2D eigenvalue weighted by molar-refractivity contribution is 0.347. The van der Waals surface area contributed by atoms with E-state index in [2.05, 4.69) is 6.92 Å². The Balaban J connectivity index is 1.27. The molecule has 2 rings (SSSR count). The smallest absolute Gasteiger partial charge is 0.0841 e. The largest absolute Gasteiger partial charge is 0.373 e. The molecule has 0 saturated carbocycles. The quantitative estimate of drug-likeness (QED) is 0.321. The lowest BCUT2D eigenvalue weighted by atomic mass is 10.0. The van der Waals surface area contributed by atoms with Gasteiger partial charge >= 0.3 is 0 Å². The number of unbranched alkanes of at least 4 members (excludes halogenated alkanes) is 8. The Labute approximate surface area is 125 Å². The van der Waals surface area contributed by atoms with E-state index in [1.54, 1.807) is 0 Å². The van der Waals surface area contributed by atoms with Crippen LogP contribution in [0.15, 0.2) is 0 Å². The van der Waals surface area contributed by atoms with Crippen LogP contribution in [0.2, 0.25) is 0 Å². The van der Waals surface area contributed by atoms with E-state index in [4.69, 9.17) is 9.47 Å². The van der Waals surface area contributed by atoms with Crippen LogP contribution in [0.5, 0.6) is 0 Å². The van der Waals surface area contributed by atoms with Gasteiger partial charge in [-0.3, -0.25) is 0 Å². The molecular formula is C18H34O2. The molecule has 2 aliphatic heterocycles. The molecular weight excluding hydrogens is 248 g/mol. The van der Waals surface area contributed by atoms with E-state index in [1.165, 1.54) is 83.5 Å². The molecule has 0 N–H and O–H groups in total. The van der Waals surface area contributed by atoms with E-state index in [1.807, 2.05) is 0 Å². The van der Waals surface area contributed by atoms with Gasteiger partial charge in [0, 0.05) is 0 Å². The van der Waals surface area contributed by atoms with Crippen molar-refractivity contribution in [3.05, 3.63) is 0 Å². The predicted octanol–water partition coefficient (Wildman–Crippen LogP) is 5.24. The Morgan fingerprint density at radius 2 is 1.20 bits per heavy atom. The van der Waals surface area contributed by atoms with E-state index >= 15 is 0 Å². The highest BCUT2D eigenvalue weighted by Crippen LogP contribution is 2.31. The molecule has 2 heterocycles. The highest BCUT2D eigenvalue weighted by Gasteiger charge is 2.36. The van der Waals surface area contributed by atoms with Crippen LogP contribution in [-0.4, -0.2) is 24.9 Å². The number of epoxide rings is 2. The first-order valence-electron chi connectivity index (χ1n) is 9.17. The van der Waals surface area contributed by atoms with Crippen LogP contribution in [0, 0.1) is 0 Å². The van der Waals surface area contributed by atoms with Crippen molar-refractivity contribution >= 4 is 0 Å². The minimum absolute atomic E-state index is 0.628. The number of ether oxygens (including phenoxy) is 2. The average molecular weight is 282 g/mol. The Morgan fingerprint density at radius 1 is 0.700 bits per heavy atom. The molecule has 0 aromatic heterocycles. The fraction of sp³-hybridized carbons (Fsp3) is 1.00. The van der Waals surface area contributed by atoms with Crippen molar-refractivity contribution in [2.24, 2.45) is 0 Å². The van der Waals surface area contributed by atoms with Crippen molar-refractivity contribution in [2.45, 2.75) is 109 Å². The summed E-state index contributed by atoms with van der Waals surface area (Å²) in [5.74, 6) is 0. The van der Waals surface area contributed by atoms with Crippen molar-refractivity contribution in [2.75, 3.05) is 6.61 Å². The summed E-state index contributed by atoms with van der Waals surface area (Å²) >= 11 is 0. The molecule has 3 unspecified atom stereocenters. The van der Waals surface area contributed by atoms with E-state index in [0.29, 0.717) is 18.3 Å². The standard InChI is InChI=1S/C18H34O2/c1-2-3-4-10-13-17-18(20-17)14-11-8-6-5-7-9-12-16-15-19-16/h16-18H,2-15H2,1H3. The zero-order chi connectivity index (χ0) is 14.0. The summed E-state index contributed by atoms with van der Waals surface area (Å²) in [6.07, 6.45) is 19.7. The van der Waals surface area contributed by atoms with Crippen molar-refractivity contribution < 1.29 is 9.47 Å². The lowest BCUT2D eigenvalue weighted by Gasteiger charge is -2.00. The Hall–Kier alpha value is -0.0800. The molecule has 2 saturated heterocycles. The van der Waals surface area contributed by atoms with E-state index in [-0.39, 0.29) is 0 Å². The molecule has 118 valence electrons. The Morgan fingerprint density at radius 3 is 1.75 bits per heavy atom. The highest BCUT2D eigenvalue weighted by atomic mass is 16.6. The minimum atomic E-state index is 0.628. The van der Waals surface area contributed by atoms with Crippen molar-refractivity contribution in [3.63, 3.8) is 0 Å². The monoisotopic (exact) mass is 282 g/mol. The van der Waals surface area contributed by atoms with Gasteiger partial charge in [0.1, 0.15) is 0 Å². The first kappa shape index (κ1) is 16.3. The molecule has 0 bridgehead atoms. The lowest BCUT2D eigenvalue weighted by Crippen LogP contribution is -1.94. The van der Waals surface area contributed by atoms with Gasteiger partial charge in [-0.25, -0.2) is 0 Å². The van der Waals surface area contributed by atoms with Crippen LogP contribution in [0.4, 0.5) is 0 Å². The molecule has 3 atom stereocenters. The van der Waals surface area contributed by atoms with Gasteiger partial charge in [-0.2, -0.15) is 0 Å². The second-order valence-corrected chi connectivity index (χ2v) is 6.72. The summed E-state index contributed by atoms with van der Waals surface area (Å²) in [5, 5.41) is 0. The van der Waals surface area contributed by atoms with Crippen LogP contribution in [0.1, 0.15) is 90.4 Å². The molecule has 2 fully saturated rings. The Kier molecular flexibility index (Phi) is 7.97. The minimum Gasteiger partial charge on any atom is -0.373 e. The summed E-state index contributed by atoms with van der Waals surface area (Å²) in [6, 6.07) is 0. The van der Waals surface area contributed by atoms with Gasteiger partial charge in [0.15, 0.2) is 0 Å². The number of hydrogen-bond acceptors (Lipinski definition) is 2. The van der Waals surface area contributed by atoms with Crippen molar-refractivity contribution in [1.82, 2.24) is 0 Å². The van der Waals surface area contributed by atoms with Crippen LogP contribution in [-0.2, 0) is 9.47 Å². The molecule has 0 aromatic rings. The third kappa shape index (κ3) is 7.64. The van der Waals surface area contributed by atoms with Gasteiger partial charge in [-0.15, -0.1) is 0 Å². The molecule has 0 aliphatic carbocycles. The molecule has 2 nitrogen and oxygen atoms in total. The Bertz CT molecular complexity index is 238. The molecule has 0 amide bonds. The third-order valence-electron chi connectivity index (χ3n) is 4.70. The second-order valence-electron chi connectivity index (χ2n) is 6.72. The first-order valence-corrected chi connectivity index (χ1v) is 9.17. The maximum atomic E-state index is 5.76. The maximum Gasteiger partial charge on any atom is 0.0841 e. The average Bonchev–Trinajstić information content (AvgIpc) is 3.34. The fourth-order valence-corrected chi connectivity index (χ4v) is 3.12. The van der Waals surface area contributed by atoms with Crippen LogP contribution in [0.25, 0.3) is 0 Å². The topological polar surface area (TPSA) is 25.1 Å². The molecule has 0 radical (unpaired) electrons. The summed E-state index contributed by atoms with van der Waals surface area (Å²) in [6.45, 7) is 3.30. The van der Waals surface area contributed by atoms with Gasteiger partial charge < -0.3 is 9.47 Å². The summed E-state index contributed by atoms with van der Waals surface area (Å²) in [4.78, 5) is 0. The second kappa shape index (κ2) is 9.78. The number of rotatable bonds is 14. The molecule has 0 spiro atoms. The normalized spacial score (nSPS) is 27.8. The summed E-state index contributed by atoms with van der Waals surface area (Å²) in [7, 11) is 0. The summed E-state index contributed by atoms with van der Waals surface area (Å²) in [5.41, 5.74) is 0. The van der Waals surface area contributed by atoms with Crippen LogP contribution < -0.4 is 0 Å². The van der Waals surface area contributed by atoms with E-state index < -0.39 is 0 Å². The summed E-state index contributed by atoms with van der Waals surface area (Å²) < 4.78 is 11.0. The predicted molar refractivity (Wildman–Crippen MR) is 84.1 cm³/mol. The van der Waals surface area contributed by atoms with Crippen LogP contribution in [0.3, 0.4) is 0 Å². The fourth-order valence-electron chi connectivity index (χ4n) is 3.12. The van der Waals surface area contributed by atoms with Gasteiger partial charge in [-0.05, 0) is 19.3 Å². The zero-order valence-corrected chi connectivity index (χ0v) is 13.4. The molecule has 2 heteroatoms. The molecule has 0 aromatic carbocycles. The van der Waals surface area contributed by atoms with Crippen molar-refractivity contribution in [1.29, 1.82) is 0 Å². The molecule has 2 aliphatic rings. The van der Waals surface area contributed by atoms with Crippen LogP contribution >= 0.6 is 0 Å². The number of hydrogen-bond donors (Lipinski definition) is 0. The van der Waals surface area contributed by atoms with Gasteiger partial charge in [0.05, 0.1) is 24.9 Å². The third-order valence-corrected chi connectivity index (χ3v) is 4.70. The van der Waals surface area contributed by atoms with Gasteiger partial charge in [0.2, 0.25) is 0 Å². The SMILES string of the molecule is CCCCCCC1OC1CCCCCCCCC1CO1. The van der Waals surface area contributed by atoms with Crippen molar-refractivity contribution in [3.8, 4) is 0 Å². The maximum absolute atomic E-state index is 5.76. The highest BCUT2D eigenvalue weighted by molar-refractivity contribution is 4.84. The van der Waals surface area contributed by atoms with Gasteiger partial charge in [-0.1, -0.05) is 71.1 Å².